The number of hydrogen-bond acceptors (Lipinski definition) is 4. The molecule has 50 heavy (non-hydrogen) atoms. The van der Waals surface area contributed by atoms with Crippen molar-refractivity contribution in [1.29, 1.82) is 0 Å². The number of fused-ring (bicyclic) bond motifs is 6. The molecule has 10 aromatic rings. The molecule has 0 spiro atoms. The van der Waals surface area contributed by atoms with Crippen LogP contribution in [-0.4, -0.2) is 19.9 Å². The maximum Gasteiger partial charge on any atom is 0.0972 e. The molecule has 0 aliphatic heterocycles. The molecule has 0 saturated heterocycles. The van der Waals surface area contributed by atoms with E-state index in [1.54, 1.807) is 0 Å². The Hall–Kier alpha value is -6.78. The molecule has 0 atom stereocenters. The number of nitrogens with zero attached hydrogens (tertiary/aromatic N) is 4. The topological polar surface area (TPSA) is 51.6 Å². The third-order valence-electron chi connectivity index (χ3n) is 9.69. The van der Waals surface area contributed by atoms with Crippen molar-refractivity contribution in [1.82, 2.24) is 19.9 Å². The standard InChI is InChI=1S/C46H28N4/c1-2-8-38-29(5-1)6-3-9-39(38)44-25-20-37-28-35(18-23-43(37)49-44)34-17-22-42-36(27-34)19-24-40(48-42)30-10-12-31(13-11-30)41-21-16-33-15-14-32-7-4-26-47-45(32)46(33)50-41/h1-28H. The van der Waals surface area contributed by atoms with Crippen LogP contribution in [0.4, 0.5) is 0 Å². The summed E-state index contributed by atoms with van der Waals surface area (Å²) in [6, 6.07) is 57.4. The van der Waals surface area contributed by atoms with Gasteiger partial charge in [-0.05, 0) is 70.4 Å². The molecule has 4 heteroatoms. The van der Waals surface area contributed by atoms with Crippen LogP contribution in [0.3, 0.4) is 0 Å². The molecule has 0 radical (unpaired) electrons. The second-order valence-corrected chi connectivity index (χ2v) is 12.7. The first-order valence-corrected chi connectivity index (χ1v) is 16.8. The fourth-order valence-corrected chi connectivity index (χ4v) is 7.07. The Bertz CT molecular complexity index is 2920. The van der Waals surface area contributed by atoms with E-state index in [9.17, 15) is 0 Å². The van der Waals surface area contributed by atoms with E-state index >= 15 is 0 Å². The summed E-state index contributed by atoms with van der Waals surface area (Å²) in [5.74, 6) is 0. The quantitative estimate of drug-likeness (QED) is 0.180. The van der Waals surface area contributed by atoms with Crippen molar-refractivity contribution < 1.29 is 0 Å². The predicted molar refractivity (Wildman–Crippen MR) is 207 cm³/mol. The summed E-state index contributed by atoms with van der Waals surface area (Å²) in [6.07, 6.45) is 1.83. The van der Waals surface area contributed by atoms with E-state index in [-0.39, 0.29) is 0 Å². The molecule has 0 N–H and O–H groups in total. The van der Waals surface area contributed by atoms with E-state index in [0.717, 1.165) is 88.5 Å². The zero-order valence-electron chi connectivity index (χ0n) is 27.0. The van der Waals surface area contributed by atoms with Crippen LogP contribution in [0.1, 0.15) is 0 Å². The Labute approximate surface area is 288 Å². The highest BCUT2D eigenvalue weighted by Crippen LogP contribution is 2.33. The Morgan fingerprint density at radius 2 is 0.860 bits per heavy atom. The first-order chi connectivity index (χ1) is 24.7. The summed E-state index contributed by atoms with van der Waals surface area (Å²) in [7, 11) is 0. The van der Waals surface area contributed by atoms with E-state index in [1.807, 2.05) is 12.3 Å². The van der Waals surface area contributed by atoms with Gasteiger partial charge in [-0.25, -0.2) is 15.0 Å². The second-order valence-electron chi connectivity index (χ2n) is 12.7. The summed E-state index contributed by atoms with van der Waals surface area (Å²) >= 11 is 0. The molecular weight excluding hydrogens is 609 g/mol. The van der Waals surface area contributed by atoms with Gasteiger partial charge in [-0.2, -0.15) is 0 Å². The van der Waals surface area contributed by atoms with E-state index in [0.29, 0.717) is 0 Å². The van der Waals surface area contributed by atoms with Crippen LogP contribution in [-0.2, 0) is 0 Å². The Morgan fingerprint density at radius 3 is 1.60 bits per heavy atom. The van der Waals surface area contributed by atoms with Crippen molar-refractivity contribution in [2.45, 2.75) is 0 Å². The summed E-state index contributed by atoms with van der Waals surface area (Å²) in [4.78, 5) is 19.7. The van der Waals surface area contributed by atoms with Crippen molar-refractivity contribution in [3.63, 3.8) is 0 Å². The van der Waals surface area contributed by atoms with Gasteiger partial charge in [0.1, 0.15) is 0 Å². The highest BCUT2D eigenvalue weighted by Gasteiger charge is 2.10. The third-order valence-corrected chi connectivity index (χ3v) is 9.69. The van der Waals surface area contributed by atoms with Gasteiger partial charge in [0.15, 0.2) is 0 Å². The van der Waals surface area contributed by atoms with Crippen LogP contribution in [0, 0.1) is 0 Å². The van der Waals surface area contributed by atoms with Crippen molar-refractivity contribution in [3.8, 4) is 44.9 Å². The van der Waals surface area contributed by atoms with Gasteiger partial charge in [0, 0.05) is 44.4 Å². The molecule has 10 rings (SSSR count). The van der Waals surface area contributed by atoms with Crippen LogP contribution in [0.5, 0.6) is 0 Å². The molecule has 232 valence electrons. The van der Waals surface area contributed by atoms with Crippen LogP contribution in [0.15, 0.2) is 170 Å². The molecule has 4 aromatic heterocycles. The average molecular weight is 637 g/mol. The second kappa shape index (κ2) is 11.4. The molecule has 0 amide bonds. The van der Waals surface area contributed by atoms with Gasteiger partial charge in [0.05, 0.1) is 39.1 Å². The highest BCUT2D eigenvalue weighted by molar-refractivity contribution is 6.03. The van der Waals surface area contributed by atoms with Crippen molar-refractivity contribution in [2.75, 3.05) is 0 Å². The fourth-order valence-electron chi connectivity index (χ4n) is 7.07. The first kappa shape index (κ1) is 28.3. The van der Waals surface area contributed by atoms with Crippen molar-refractivity contribution in [3.05, 3.63) is 170 Å². The number of hydrogen-bond donors (Lipinski definition) is 0. The van der Waals surface area contributed by atoms with Crippen molar-refractivity contribution >= 4 is 54.4 Å². The third kappa shape index (κ3) is 4.85. The molecule has 0 fully saturated rings. The molecule has 0 aliphatic carbocycles. The lowest BCUT2D eigenvalue weighted by molar-refractivity contribution is 1.36. The van der Waals surface area contributed by atoms with Gasteiger partial charge >= 0.3 is 0 Å². The van der Waals surface area contributed by atoms with Crippen LogP contribution < -0.4 is 0 Å². The Kier molecular flexibility index (Phi) is 6.46. The number of pyridine rings is 4. The fraction of sp³-hybridized carbons (Fsp3) is 0. The lowest BCUT2D eigenvalue weighted by Crippen LogP contribution is -1.90. The van der Waals surface area contributed by atoms with Crippen LogP contribution in [0.2, 0.25) is 0 Å². The zero-order valence-corrected chi connectivity index (χ0v) is 27.0. The maximum atomic E-state index is 5.05. The van der Waals surface area contributed by atoms with Gasteiger partial charge in [-0.15, -0.1) is 0 Å². The minimum atomic E-state index is 0.923. The average Bonchev–Trinajstić information content (AvgIpc) is 3.19. The maximum absolute atomic E-state index is 5.05. The van der Waals surface area contributed by atoms with Crippen LogP contribution in [0.25, 0.3) is 99.3 Å². The molecule has 4 heterocycles. The van der Waals surface area contributed by atoms with E-state index in [2.05, 4.69) is 163 Å². The lowest BCUT2D eigenvalue weighted by Gasteiger charge is -2.10. The van der Waals surface area contributed by atoms with Gasteiger partial charge in [0.25, 0.3) is 0 Å². The molecule has 0 saturated carbocycles. The summed E-state index contributed by atoms with van der Waals surface area (Å²) in [5, 5.41) is 6.84. The van der Waals surface area contributed by atoms with Crippen molar-refractivity contribution in [2.24, 2.45) is 0 Å². The Balaban J connectivity index is 0.926. The van der Waals surface area contributed by atoms with Crippen LogP contribution >= 0.6 is 0 Å². The molecule has 4 nitrogen and oxygen atoms in total. The molecule has 0 unspecified atom stereocenters. The molecule has 0 aliphatic rings. The smallest absolute Gasteiger partial charge is 0.0972 e. The number of rotatable bonds is 4. The highest BCUT2D eigenvalue weighted by atomic mass is 14.8. The van der Waals surface area contributed by atoms with Gasteiger partial charge < -0.3 is 0 Å². The number of benzene rings is 6. The summed E-state index contributed by atoms with van der Waals surface area (Å²) in [5.41, 5.74) is 12.2. The SMILES string of the molecule is c1ccc2c(-c3ccc4cc(-c5ccc6nc(-c7ccc(-c8ccc9ccc%10cccnc%10c9n8)cc7)ccc6c5)ccc4n3)cccc2c1. The minimum Gasteiger partial charge on any atom is -0.254 e. The molecule has 0 bridgehead atoms. The van der Waals surface area contributed by atoms with Gasteiger partial charge in [-0.3, -0.25) is 4.98 Å². The van der Waals surface area contributed by atoms with E-state index < -0.39 is 0 Å². The lowest BCUT2D eigenvalue weighted by atomic mass is 9.99. The van der Waals surface area contributed by atoms with E-state index in [1.165, 1.54) is 10.8 Å². The molecule has 6 aromatic carbocycles. The largest absolute Gasteiger partial charge is 0.254 e. The Morgan fingerprint density at radius 1 is 0.320 bits per heavy atom. The summed E-state index contributed by atoms with van der Waals surface area (Å²) < 4.78 is 0. The predicted octanol–water partition coefficient (Wildman–Crippen LogP) is 11.7. The van der Waals surface area contributed by atoms with Gasteiger partial charge in [-0.1, -0.05) is 115 Å². The molecular formula is C46H28N4. The minimum absolute atomic E-state index is 0.923. The van der Waals surface area contributed by atoms with Gasteiger partial charge in [0.2, 0.25) is 0 Å². The summed E-state index contributed by atoms with van der Waals surface area (Å²) in [6.45, 7) is 0. The first-order valence-electron chi connectivity index (χ1n) is 16.8. The zero-order chi connectivity index (χ0) is 33.0. The number of aromatic nitrogens is 4. The monoisotopic (exact) mass is 636 g/mol. The van der Waals surface area contributed by atoms with E-state index in [4.69, 9.17) is 15.0 Å². The normalized spacial score (nSPS) is 11.6.